The summed E-state index contributed by atoms with van der Waals surface area (Å²) in [5.74, 6) is 2.42. The zero-order valence-corrected chi connectivity index (χ0v) is 17.5. The molecule has 0 bridgehead atoms. The van der Waals surface area contributed by atoms with Gasteiger partial charge in [0.1, 0.15) is 0 Å². The van der Waals surface area contributed by atoms with Crippen molar-refractivity contribution >= 4 is 40.7 Å². The Balaban J connectivity index is 0.00000264. The van der Waals surface area contributed by atoms with E-state index in [-0.39, 0.29) is 24.0 Å². The summed E-state index contributed by atoms with van der Waals surface area (Å²) in [6.07, 6.45) is 7.03. The van der Waals surface area contributed by atoms with Crippen molar-refractivity contribution in [3.05, 3.63) is 0 Å². The molecule has 2 fully saturated rings. The minimum atomic E-state index is -0.678. The molecule has 136 valence electrons. The van der Waals surface area contributed by atoms with Gasteiger partial charge in [0, 0.05) is 48.0 Å². The van der Waals surface area contributed by atoms with Crippen LogP contribution >= 0.6 is 24.0 Å². The summed E-state index contributed by atoms with van der Waals surface area (Å²) in [6, 6.07) is 0.382. The zero-order chi connectivity index (χ0) is 15.8. The van der Waals surface area contributed by atoms with Gasteiger partial charge in [-0.15, -0.1) is 24.0 Å². The molecule has 3 atom stereocenters. The van der Waals surface area contributed by atoms with Crippen LogP contribution in [-0.4, -0.2) is 54.0 Å². The van der Waals surface area contributed by atoms with Crippen LogP contribution in [0.15, 0.2) is 4.99 Å². The summed E-state index contributed by atoms with van der Waals surface area (Å²) >= 11 is 0. The van der Waals surface area contributed by atoms with Crippen LogP contribution in [0.4, 0.5) is 0 Å². The largest absolute Gasteiger partial charge is 0.379 e. The molecule has 2 aliphatic rings. The molecule has 3 unspecified atom stereocenters. The predicted octanol–water partition coefficient (Wildman–Crippen LogP) is 2.28. The van der Waals surface area contributed by atoms with E-state index in [2.05, 4.69) is 15.6 Å². The van der Waals surface area contributed by atoms with Crippen molar-refractivity contribution in [2.24, 2.45) is 10.9 Å². The first-order valence-electron chi connectivity index (χ1n) is 8.65. The molecule has 0 saturated heterocycles. The number of halogens is 1. The highest BCUT2D eigenvalue weighted by molar-refractivity contribution is 14.0. The topological polar surface area (TPSA) is 62.7 Å². The maximum Gasteiger partial charge on any atom is 0.191 e. The van der Waals surface area contributed by atoms with Crippen molar-refractivity contribution in [3.63, 3.8) is 0 Å². The number of rotatable bonds is 8. The summed E-state index contributed by atoms with van der Waals surface area (Å²) in [5, 5.41) is 7.13. The van der Waals surface area contributed by atoms with Crippen LogP contribution in [0, 0.1) is 5.92 Å². The normalized spacial score (nSPS) is 26.3. The predicted molar refractivity (Wildman–Crippen MR) is 108 cm³/mol. The molecule has 2 rings (SSSR count). The Morgan fingerprint density at radius 2 is 2.09 bits per heavy atom. The molecule has 23 heavy (non-hydrogen) atoms. The number of aliphatic imine (C=N–C) groups is 1. The Kier molecular flexibility index (Phi) is 10.7. The molecule has 0 radical (unpaired) electrons. The first kappa shape index (κ1) is 21.2. The van der Waals surface area contributed by atoms with E-state index >= 15 is 0 Å². The number of hydrogen-bond donors (Lipinski definition) is 2. The van der Waals surface area contributed by atoms with Crippen molar-refractivity contribution in [3.8, 4) is 0 Å². The van der Waals surface area contributed by atoms with Crippen LogP contribution in [0.2, 0.25) is 0 Å². The Morgan fingerprint density at radius 1 is 1.30 bits per heavy atom. The standard InChI is InChI=1S/C16H31N3O2S.HI/c1-3-22(20)15-6-4-5-14(11-15)19-16(17-2)18-9-10-21-12-13-7-8-13;/h13-15H,3-12H2,1-2H3,(H2,17,18,19);1H. The van der Waals surface area contributed by atoms with Crippen LogP contribution in [-0.2, 0) is 15.5 Å². The van der Waals surface area contributed by atoms with Gasteiger partial charge >= 0.3 is 0 Å². The number of guanidine groups is 1. The van der Waals surface area contributed by atoms with Gasteiger partial charge in [-0.3, -0.25) is 9.20 Å². The second kappa shape index (κ2) is 11.6. The molecular weight excluding hydrogens is 425 g/mol. The second-order valence-electron chi connectivity index (χ2n) is 6.32. The van der Waals surface area contributed by atoms with Gasteiger partial charge in [0.05, 0.1) is 6.61 Å². The first-order valence-corrected chi connectivity index (χ1v) is 10.0. The molecule has 5 nitrogen and oxygen atoms in total. The number of nitrogens with one attached hydrogen (secondary N) is 2. The van der Waals surface area contributed by atoms with E-state index < -0.39 is 10.8 Å². The van der Waals surface area contributed by atoms with Crippen molar-refractivity contribution in [2.75, 3.05) is 32.6 Å². The Labute approximate surface area is 160 Å². The van der Waals surface area contributed by atoms with Crippen molar-refractivity contribution in [2.45, 2.75) is 56.7 Å². The van der Waals surface area contributed by atoms with Gasteiger partial charge in [0.15, 0.2) is 5.96 Å². The third kappa shape index (κ3) is 8.16. The van der Waals surface area contributed by atoms with E-state index in [9.17, 15) is 4.21 Å². The Hall–Kier alpha value is 0.110. The Bertz CT molecular complexity index is 392. The number of nitrogens with zero attached hydrogens (tertiary/aromatic N) is 1. The van der Waals surface area contributed by atoms with Gasteiger partial charge in [-0.25, -0.2) is 0 Å². The monoisotopic (exact) mass is 457 g/mol. The van der Waals surface area contributed by atoms with Crippen LogP contribution in [0.25, 0.3) is 0 Å². The molecular formula is C16H32IN3O2S. The fraction of sp³-hybridized carbons (Fsp3) is 0.938. The van der Waals surface area contributed by atoms with Crippen molar-refractivity contribution < 1.29 is 8.95 Å². The molecule has 0 aromatic rings. The molecule has 0 aliphatic heterocycles. The minimum absolute atomic E-state index is 0. The lowest BCUT2D eigenvalue weighted by atomic mass is 9.95. The second-order valence-corrected chi connectivity index (χ2v) is 8.32. The maximum absolute atomic E-state index is 12.0. The van der Waals surface area contributed by atoms with Crippen molar-refractivity contribution in [1.29, 1.82) is 0 Å². The van der Waals surface area contributed by atoms with Crippen LogP contribution in [0.5, 0.6) is 0 Å². The average Bonchev–Trinajstić information content (AvgIpc) is 3.37. The molecule has 0 spiro atoms. The average molecular weight is 457 g/mol. The fourth-order valence-corrected chi connectivity index (χ4v) is 4.26. The lowest BCUT2D eigenvalue weighted by molar-refractivity contribution is 0.129. The summed E-state index contributed by atoms with van der Waals surface area (Å²) in [5.41, 5.74) is 0. The third-order valence-corrected chi connectivity index (χ3v) is 6.18. The molecule has 0 aromatic heterocycles. The zero-order valence-electron chi connectivity index (χ0n) is 14.4. The lowest BCUT2D eigenvalue weighted by Gasteiger charge is -2.30. The lowest BCUT2D eigenvalue weighted by Crippen LogP contribution is -2.47. The van der Waals surface area contributed by atoms with E-state index in [1.165, 1.54) is 12.8 Å². The molecule has 7 heteroatoms. The highest BCUT2D eigenvalue weighted by atomic mass is 127. The SMILES string of the molecule is CCS(=O)C1CCCC(NC(=NC)NCCOCC2CC2)C1.I. The molecule has 2 aliphatic carbocycles. The van der Waals surface area contributed by atoms with Gasteiger partial charge < -0.3 is 15.4 Å². The van der Waals surface area contributed by atoms with E-state index in [0.29, 0.717) is 11.3 Å². The van der Waals surface area contributed by atoms with E-state index in [0.717, 1.165) is 63.1 Å². The molecule has 0 heterocycles. The quantitative estimate of drug-likeness (QED) is 0.254. The maximum atomic E-state index is 12.0. The van der Waals surface area contributed by atoms with Gasteiger partial charge in [-0.2, -0.15) is 0 Å². The van der Waals surface area contributed by atoms with Gasteiger partial charge in [-0.05, 0) is 38.0 Å². The highest BCUT2D eigenvalue weighted by Crippen LogP contribution is 2.28. The number of ether oxygens (including phenoxy) is 1. The third-order valence-electron chi connectivity index (χ3n) is 4.44. The summed E-state index contributed by atoms with van der Waals surface area (Å²) in [4.78, 5) is 4.28. The summed E-state index contributed by atoms with van der Waals surface area (Å²) in [7, 11) is 1.12. The van der Waals surface area contributed by atoms with Gasteiger partial charge in [-0.1, -0.05) is 13.3 Å². The van der Waals surface area contributed by atoms with Crippen LogP contribution < -0.4 is 10.6 Å². The van der Waals surface area contributed by atoms with Crippen LogP contribution in [0.3, 0.4) is 0 Å². The molecule has 2 saturated carbocycles. The van der Waals surface area contributed by atoms with E-state index in [1.54, 1.807) is 7.05 Å². The van der Waals surface area contributed by atoms with Crippen molar-refractivity contribution in [1.82, 2.24) is 10.6 Å². The molecule has 0 aromatic carbocycles. The molecule has 0 amide bonds. The Morgan fingerprint density at radius 3 is 2.74 bits per heavy atom. The van der Waals surface area contributed by atoms with Gasteiger partial charge in [0.2, 0.25) is 0 Å². The summed E-state index contributed by atoms with van der Waals surface area (Å²) in [6.45, 7) is 4.42. The van der Waals surface area contributed by atoms with E-state index in [1.807, 2.05) is 6.92 Å². The van der Waals surface area contributed by atoms with E-state index in [4.69, 9.17) is 4.74 Å². The molecule has 2 N–H and O–H groups in total. The minimum Gasteiger partial charge on any atom is -0.379 e. The van der Waals surface area contributed by atoms with Crippen LogP contribution in [0.1, 0.15) is 45.4 Å². The summed E-state index contributed by atoms with van der Waals surface area (Å²) < 4.78 is 17.6. The highest BCUT2D eigenvalue weighted by Gasteiger charge is 2.26. The smallest absolute Gasteiger partial charge is 0.191 e. The van der Waals surface area contributed by atoms with Gasteiger partial charge in [0.25, 0.3) is 0 Å². The first-order chi connectivity index (χ1) is 10.7. The number of hydrogen-bond acceptors (Lipinski definition) is 3. The fourth-order valence-electron chi connectivity index (χ4n) is 2.91.